The Balaban J connectivity index is 1.87. The zero-order valence-corrected chi connectivity index (χ0v) is 15.5. The molecule has 0 aliphatic carbocycles. The van der Waals surface area contributed by atoms with Crippen molar-refractivity contribution in [1.29, 1.82) is 0 Å². The molecular formula is C21H21NO5. The van der Waals surface area contributed by atoms with Crippen LogP contribution in [0.15, 0.2) is 53.2 Å². The van der Waals surface area contributed by atoms with Crippen molar-refractivity contribution in [2.24, 2.45) is 4.99 Å². The summed E-state index contributed by atoms with van der Waals surface area (Å²) in [7, 11) is 3.15. The molecule has 2 aromatic carbocycles. The Labute approximate surface area is 158 Å². The SMILES string of the molecule is CCCOc1ccc(C=C2N=C(c3cccc(OC)c3)OC2=O)cc1OC. The predicted molar refractivity (Wildman–Crippen MR) is 102 cm³/mol. The fraction of sp³-hybridized carbons (Fsp3) is 0.238. The summed E-state index contributed by atoms with van der Waals surface area (Å²) >= 11 is 0. The number of benzene rings is 2. The van der Waals surface area contributed by atoms with Gasteiger partial charge in [0, 0.05) is 5.56 Å². The summed E-state index contributed by atoms with van der Waals surface area (Å²) < 4.78 is 21.5. The van der Waals surface area contributed by atoms with Crippen LogP contribution in [-0.2, 0) is 9.53 Å². The molecule has 6 heteroatoms. The number of carbonyl (C=O) groups is 1. The van der Waals surface area contributed by atoms with Gasteiger partial charge in [-0.15, -0.1) is 0 Å². The average molecular weight is 367 g/mol. The van der Waals surface area contributed by atoms with Crippen molar-refractivity contribution in [2.75, 3.05) is 20.8 Å². The molecule has 0 radical (unpaired) electrons. The Hall–Kier alpha value is -3.28. The predicted octanol–water partition coefficient (Wildman–Crippen LogP) is 3.84. The molecule has 6 nitrogen and oxygen atoms in total. The number of hydrogen-bond donors (Lipinski definition) is 0. The summed E-state index contributed by atoms with van der Waals surface area (Å²) in [4.78, 5) is 16.5. The molecule has 0 bridgehead atoms. The van der Waals surface area contributed by atoms with Crippen LogP contribution in [0.2, 0.25) is 0 Å². The van der Waals surface area contributed by atoms with Crippen LogP contribution in [-0.4, -0.2) is 32.7 Å². The normalized spacial score (nSPS) is 14.7. The molecule has 140 valence electrons. The van der Waals surface area contributed by atoms with Gasteiger partial charge < -0.3 is 18.9 Å². The van der Waals surface area contributed by atoms with Gasteiger partial charge in [0.15, 0.2) is 17.2 Å². The highest BCUT2D eigenvalue weighted by atomic mass is 16.6. The van der Waals surface area contributed by atoms with E-state index in [0.717, 1.165) is 12.0 Å². The van der Waals surface area contributed by atoms with Gasteiger partial charge in [-0.2, -0.15) is 0 Å². The maximum absolute atomic E-state index is 12.2. The minimum absolute atomic E-state index is 0.220. The van der Waals surface area contributed by atoms with Crippen LogP contribution in [0.3, 0.4) is 0 Å². The fourth-order valence-corrected chi connectivity index (χ4v) is 2.55. The quantitative estimate of drug-likeness (QED) is 0.549. The topological polar surface area (TPSA) is 66.3 Å². The van der Waals surface area contributed by atoms with Gasteiger partial charge in [0.05, 0.1) is 20.8 Å². The van der Waals surface area contributed by atoms with Gasteiger partial charge >= 0.3 is 5.97 Å². The van der Waals surface area contributed by atoms with E-state index in [2.05, 4.69) is 4.99 Å². The van der Waals surface area contributed by atoms with Gasteiger partial charge in [-0.25, -0.2) is 9.79 Å². The molecule has 0 amide bonds. The summed E-state index contributed by atoms with van der Waals surface area (Å²) in [6.07, 6.45) is 2.56. The summed E-state index contributed by atoms with van der Waals surface area (Å²) in [5, 5.41) is 0. The third-order valence-electron chi connectivity index (χ3n) is 3.89. The third-order valence-corrected chi connectivity index (χ3v) is 3.89. The van der Waals surface area contributed by atoms with Crippen molar-refractivity contribution in [3.8, 4) is 17.2 Å². The van der Waals surface area contributed by atoms with Crippen molar-refractivity contribution in [3.05, 3.63) is 59.3 Å². The number of nitrogens with zero attached hydrogens (tertiary/aromatic N) is 1. The van der Waals surface area contributed by atoms with Gasteiger partial charge in [-0.1, -0.05) is 19.1 Å². The van der Waals surface area contributed by atoms with Crippen LogP contribution < -0.4 is 14.2 Å². The molecule has 0 spiro atoms. The monoisotopic (exact) mass is 367 g/mol. The largest absolute Gasteiger partial charge is 0.497 e. The van der Waals surface area contributed by atoms with Crippen LogP contribution in [0.5, 0.6) is 17.2 Å². The van der Waals surface area contributed by atoms with Gasteiger partial charge in [0.2, 0.25) is 5.90 Å². The number of esters is 1. The second kappa shape index (κ2) is 8.40. The van der Waals surface area contributed by atoms with E-state index in [-0.39, 0.29) is 11.6 Å². The Bertz CT molecular complexity index is 901. The highest BCUT2D eigenvalue weighted by Crippen LogP contribution is 2.30. The molecule has 1 aliphatic heterocycles. The summed E-state index contributed by atoms with van der Waals surface area (Å²) in [5.41, 5.74) is 1.65. The molecule has 0 unspecified atom stereocenters. The highest BCUT2D eigenvalue weighted by molar-refractivity contribution is 6.13. The first kappa shape index (κ1) is 18.5. The van der Waals surface area contributed by atoms with Gasteiger partial charge in [0.1, 0.15) is 5.75 Å². The summed E-state index contributed by atoms with van der Waals surface area (Å²) in [6.45, 7) is 2.65. The first-order chi connectivity index (χ1) is 13.1. The van der Waals surface area contributed by atoms with Crippen LogP contribution in [0.4, 0.5) is 0 Å². The highest BCUT2D eigenvalue weighted by Gasteiger charge is 2.24. The second-order valence-electron chi connectivity index (χ2n) is 5.83. The lowest BCUT2D eigenvalue weighted by atomic mass is 10.1. The number of aliphatic imine (C=N–C) groups is 1. The fourth-order valence-electron chi connectivity index (χ4n) is 2.55. The van der Waals surface area contributed by atoms with Crippen molar-refractivity contribution in [1.82, 2.24) is 0 Å². The number of rotatable bonds is 7. The Morgan fingerprint density at radius 2 is 1.93 bits per heavy atom. The van der Waals surface area contributed by atoms with Crippen LogP contribution in [0.1, 0.15) is 24.5 Å². The van der Waals surface area contributed by atoms with Gasteiger partial charge in [0.25, 0.3) is 0 Å². The zero-order valence-electron chi connectivity index (χ0n) is 15.5. The summed E-state index contributed by atoms with van der Waals surface area (Å²) in [6, 6.07) is 12.6. The maximum atomic E-state index is 12.2. The van der Waals surface area contributed by atoms with Gasteiger partial charge in [-0.05, 0) is 48.4 Å². The van der Waals surface area contributed by atoms with E-state index in [1.165, 1.54) is 0 Å². The van der Waals surface area contributed by atoms with E-state index in [9.17, 15) is 4.79 Å². The lowest BCUT2D eigenvalue weighted by molar-refractivity contribution is -0.129. The Morgan fingerprint density at radius 3 is 2.67 bits per heavy atom. The maximum Gasteiger partial charge on any atom is 0.363 e. The lowest BCUT2D eigenvalue weighted by Crippen LogP contribution is -2.05. The first-order valence-corrected chi connectivity index (χ1v) is 8.62. The molecule has 0 N–H and O–H groups in total. The Morgan fingerprint density at radius 1 is 1.07 bits per heavy atom. The van der Waals surface area contributed by atoms with E-state index in [1.807, 2.05) is 31.2 Å². The van der Waals surface area contributed by atoms with Crippen LogP contribution in [0, 0.1) is 0 Å². The minimum atomic E-state index is -0.502. The molecule has 0 fully saturated rings. The van der Waals surface area contributed by atoms with E-state index in [0.29, 0.717) is 29.4 Å². The standard InChI is InChI=1S/C21H21NO5/c1-4-10-26-18-9-8-14(12-19(18)25-3)11-17-21(23)27-20(22-17)15-6-5-7-16(13-15)24-2/h5-9,11-13H,4,10H2,1-3H3. The average Bonchev–Trinajstić information content (AvgIpc) is 3.07. The third kappa shape index (κ3) is 4.28. The molecule has 3 rings (SSSR count). The van der Waals surface area contributed by atoms with Crippen molar-refractivity contribution < 1.29 is 23.7 Å². The van der Waals surface area contributed by atoms with Crippen molar-refractivity contribution >= 4 is 17.9 Å². The van der Waals surface area contributed by atoms with Crippen LogP contribution in [0.25, 0.3) is 6.08 Å². The Kier molecular flexibility index (Phi) is 5.76. The zero-order chi connectivity index (χ0) is 19.2. The second-order valence-corrected chi connectivity index (χ2v) is 5.83. The summed E-state index contributed by atoms with van der Waals surface area (Å²) in [5.74, 6) is 1.67. The number of cyclic esters (lactones) is 1. The molecule has 0 atom stereocenters. The van der Waals surface area contributed by atoms with Crippen molar-refractivity contribution in [3.63, 3.8) is 0 Å². The molecule has 1 heterocycles. The molecule has 1 aliphatic rings. The van der Waals surface area contributed by atoms with E-state index in [4.69, 9.17) is 18.9 Å². The first-order valence-electron chi connectivity index (χ1n) is 8.62. The number of methoxy groups -OCH3 is 2. The van der Waals surface area contributed by atoms with E-state index < -0.39 is 5.97 Å². The smallest absolute Gasteiger partial charge is 0.363 e. The number of carbonyl (C=O) groups excluding carboxylic acids is 1. The minimum Gasteiger partial charge on any atom is -0.497 e. The van der Waals surface area contributed by atoms with Crippen molar-refractivity contribution in [2.45, 2.75) is 13.3 Å². The van der Waals surface area contributed by atoms with Gasteiger partial charge in [-0.3, -0.25) is 0 Å². The molecule has 0 aromatic heterocycles. The molecule has 0 saturated heterocycles. The number of hydrogen-bond acceptors (Lipinski definition) is 6. The molecular weight excluding hydrogens is 346 g/mol. The molecule has 2 aromatic rings. The van der Waals surface area contributed by atoms with E-state index >= 15 is 0 Å². The van der Waals surface area contributed by atoms with E-state index in [1.54, 1.807) is 38.5 Å². The van der Waals surface area contributed by atoms with Crippen LogP contribution >= 0.6 is 0 Å². The molecule has 27 heavy (non-hydrogen) atoms. The molecule has 0 saturated carbocycles. The lowest BCUT2D eigenvalue weighted by Gasteiger charge is -2.10. The number of ether oxygens (including phenoxy) is 4.